The summed E-state index contributed by atoms with van der Waals surface area (Å²) in [6.45, 7) is 7.13. The topological polar surface area (TPSA) is 54.3 Å². The van der Waals surface area contributed by atoms with E-state index in [2.05, 4.69) is 24.4 Å². The minimum absolute atomic E-state index is 0.341. The van der Waals surface area contributed by atoms with E-state index in [9.17, 15) is 0 Å². The van der Waals surface area contributed by atoms with Gasteiger partial charge in [-0.1, -0.05) is 19.1 Å². The molecular weight excluding hydrogens is 252 g/mol. The van der Waals surface area contributed by atoms with E-state index in [1.807, 2.05) is 19.1 Å². The third-order valence-electron chi connectivity index (χ3n) is 2.79. The van der Waals surface area contributed by atoms with Crippen LogP contribution in [0.15, 0.2) is 24.3 Å². The highest BCUT2D eigenvalue weighted by Gasteiger charge is 1.99. The first kappa shape index (κ1) is 16.5. The summed E-state index contributed by atoms with van der Waals surface area (Å²) in [4.78, 5) is 0. The minimum atomic E-state index is 0.341. The van der Waals surface area contributed by atoms with Crippen LogP contribution in [0, 0.1) is 5.41 Å². The van der Waals surface area contributed by atoms with E-state index < -0.39 is 0 Å². The number of benzene rings is 1. The van der Waals surface area contributed by atoms with Crippen molar-refractivity contribution < 1.29 is 9.47 Å². The Kier molecular flexibility index (Phi) is 8.47. The van der Waals surface area contributed by atoms with Crippen molar-refractivity contribution in [2.45, 2.75) is 39.7 Å². The maximum absolute atomic E-state index is 7.51. The SMILES string of the molecule is CCCNCc1cccc(OCCCC(=N)OCC)c1. The minimum Gasteiger partial charge on any atom is -0.494 e. The summed E-state index contributed by atoms with van der Waals surface area (Å²) in [5, 5.41) is 10.9. The highest BCUT2D eigenvalue weighted by atomic mass is 16.5. The van der Waals surface area contributed by atoms with Crippen molar-refractivity contribution in [1.29, 1.82) is 5.41 Å². The van der Waals surface area contributed by atoms with Gasteiger partial charge in [-0.2, -0.15) is 0 Å². The van der Waals surface area contributed by atoms with Gasteiger partial charge >= 0.3 is 0 Å². The predicted molar refractivity (Wildman–Crippen MR) is 82.5 cm³/mol. The number of rotatable bonds is 10. The summed E-state index contributed by atoms with van der Waals surface area (Å²) in [6, 6.07) is 8.15. The molecule has 20 heavy (non-hydrogen) atoms. The van der Waals surface area contributed by atoms with Crippen LogP contribution in [0.4, 0.5) is 0 Å². The molecule has 0 heterocycles. The molecule has 0 aliphatic carbocycles. The molecule has 0 radical (unpaired) electrons. The van der Waals surface area contributed by atoms with E-state index in [0.29, 0.717) is 25.5 Å². The molecule has 0 spiro atoms. The van der Waals surface area contributed by atoms with Crippen LogP contribution < -0.4 is 10.1 Å². The van der Waals surface area contributed by atoms with Gasteiger partial charge in [-0.3, -0.25) is 5.41 Å². The van der Waals surface area contributed by atoms with E-state index in [1.54, 1.807) is 0 Å². The number of hydrogen-bond acceptors (Lipinski definition) is 4. The monoisotopic (exact) mass is 278 g/mol. The smallest absolute Gasteiger partial charge is 0.180 e. The van der Waals surface area contributed by atoms with Crippen molar-refractivity contribution in [2.75, 3.05) is 19.8 Å². The lowest BCUT2D eigenvalue weighted by Crippen LogP contribution is -2.13. The Hall–Kier alpha value is -1.55. The van der Waals surface area contributed by atoms with Crippen molar-refractivity contribution in [3.63, 3.8) is 0 Å². The fraction of sp³-hybridized carbons (Fsp3) is 0.562. The van der Waals surface area contributed by atoms with Crippen LogP contribution in [0.3, 0.4) is 0 Å². The molecule has 1 aromatic carbocycles. The number of nitrogens with one attached hydrogen (secondary N) is 2. The molecule has 0 aliphatic rings. The summed E-state index contributed by atoms with van der Waals surface area (Å²) in [7, 11) is 0. The van der Waals surface area contributed by atoms with Crippen molar-refractivity contribution >= 4 is 5.90 Å². The average molecular weight is 278 g/mol. The van der Waals surface area contributed by atoms with Crippen molar-refractivity contribution in [3.8, 4) is 5.75 Å². The molecule has 0 saturated heterocycles. The maximum atomic E-state index is 7.51. The second-order valence-corrected chi connectivity index (χ2v) is 4.63. The van der Waals surface area contributed by atoms with Crippen molar-refractivity contribution in [3.05, 3.63) is 29.8 Å². The molecule has 112 valence electrons. The van der Waals surface area contributed by atoms with Gasteiger partial charge in [-0.05, 0) is 44.0 Å². The van der Waals surface area contributed by atoms with Gasteiger partial charge in [0.25, 0.3) is 0 Å². The molecule has 2 N–H and O–H groups in total. The zero-order valence-electron chi connectivity index (χ0n) is 12.6. The Labute approximate surface area is 122 Å². The Morgan fingerprint density at radius 1 is 1.30 bits per heavy atom. The first-order chi connectivity index (χ1) is 9.76. The second-order valence-electron chi connectivity index (χ2n) is 4.63. The number of ether oxygens (including phenoxy) is 2. The van der Waals surface area contributed by atoms with E-state index >= 15 is 0 Å². The highest BCUT2D eigenvalue weighted by molar-refractivity contribution is 5.72. The van der Waals surface area contributed by atoms with Gasteiger partial charge in [-0.25, -0.2) is 0 Å². The zero-order chi connectivity index (χ0) is 14.6. The lowest BCUT2D eigenvalue weighted by Gasteiger charge is -2.09. The lowest BCUT2D eigenvalue weighted by molar-refractivity contribution is 0.289. The normalized spacial score (nSPS) is 10.3. The maximum Gasteiger partial charge on any atom is 0.180 e. The quantitative estimate of drug-likeness (QED) is 0.392. The molecular formula is C16H26N2O2. The van der Waals surface area contributed by atoms with Gasteiger partial charge in [0, 0.05) is 13.0 Å². The Morgan fingerprint density at radius 2 is 2.15 bits per heavy atom. The van der Waals surface area contributed by atoms with Crippen LogP contribution in [0.25, 0.3) is 0 Å². The molecule has 0 fully saturated rings. The molecule has 0 unspecified atom stereocenters. The van der Waals surface area contributed by atoms with E-state index in [4.69, 9.17) is 14.9 Å². The van der Waals surface area contributed by atoms with Gasteiger partial charge in [0.05, 0.1) is 13.2 Å². The molecule has 0 bridgehead atoms. The van der Waals surface area contributed by atoms with Crippen molar-refractivity contribution in [1.82, 2.24) is 5.32 Å². The van der Waals surface area contributed by atoms with Crippen LogP contribution in [0.5, 0.6) is 5.75 Å². The Bertz CT molecular complexity index is 394. The van der Waals surface area contributed by atoms with Gasteiger partial charge in [0.1, 0.15) is 5.75 Å². The molecule has 0 aliphatic heterocycles. The lowest BCUT2D eigenvalue weighted by atomic mass is 10.2. The van der Waals surface area contributed by atoms with Gasteiger partial charge in [-0.15, -0.1) is 0 Å². The van der Waals surface area contributed by atoms with Gasteiger partial charge in [0.2, 0.25) is 0 Å². The fourth-order valence-corrected chi connectivity index (χ4v) is 1.82. The van der Waals surface area contributed by atoms with E-state index in [-0.39, 0.29) is 0 Å². The third-order valence-corrected chi connectivity index (χ3v) is 2.79. The molecule has 0 saturated carbocycles. The molecule has 1 rings (SSSR count). The second kappa shape index (κ2) is 10.3. The first-order valence-corrected chi connectivity index (χ1v) is 7.39. The molecule has 0 amide bonds. The highest BCUT2D eigenvalue weighted by Crippen LogP contribution is 2.13. The molecule has 4 nitrogen and oxygen atoms in total. The van der Waals surface area contributed by atoms with E-state index in [0.717, 1.165) is 31.7 Å². The van der Waals surface area contributed by atoms with Crippen LogP contribution in [0.1, 0.15) is 38.7 Å². The largest absolute Gasteiger partial charge is 0.494 e. The van der Waals surface area contributed by atoms with E-state index in [1.165, 1.54) is 5.56 Å². The summed E-state index contributed by atoms with van der Waals surface area (Å²) >= 11 is 0. The summed E-state index contributed by atoms with van der Waals surface area (Å²) in [5.74, 6) is 1.23. The Balaban J connectivity index is 2.26. The molecule has 1 aromatic rings. The summed E-state index contributed by atoms with van der Waals surface area (Å²) < 4.78 is 10.8. The molecule has 0 aromatic heterocycles. The average Bonchev–Trinajstić information content (AvgIpc) is 2.45. The summed E-state index contributed by atoms with van der Waals surface area (Å²) in [6.07, 6.45) is 2.57. The standard InChI is InChI=1S/C16H26N2O2/c1-3-10-18-13-14-7-5-8-15(12-14)20-11-6-9-16(17)19-4-2/h5,7-8,12,17-18H,3-4,6,9-11,13H2,1-2H3. The third kappa shape index (κ3) is 7.14. The van der Waals surface area contributed by atoms with Crippen LogP contribution in [-0.4, -0.2) is 25.7 Å². The van der Waals surface area contributed by atoms with Gasteiger partial charge in [0.15, 0.2) is 5.90 Å². The van der Waals surface area contributed by atoms with Crippen molar-refractivity contribution in [2.24, 2.45) is 0 Å². The van der Waals surface area contributed by atoms with Crippen LogP contribution >= 0.6 is 0 Å². The Morgan fingerprint density at radius 3 is 2.90 bits per heavy atom. The van der Waals surface area contributed by atoms with Gasteiger partial charge < -0.3 is 14.8 Å². The molecule has 0 atom stereocenters. The fourth-order valence-electron chi connectivity index (χ4n) is 1.82. The van der Waals surface area contributed by atoms with Crippen LogP contribution in [-0.2, 0) is 11.3 Å². The zero-order valence-corrected chi connectivity index (χ0v) is 12.6. The first-order valence-electron chi connectivity index (χ1n) is 7.39. The van der Waals surface area contributed by atoms with Crippen LogP contribution in [0.2, 0.25) is 0 Å². The summed E-state index contributed by atoms with van der Waals surface area (Å²) in [5.41, 5.74) is 1.23. The number of hydrogen-bond donors (Lipinski definition) is 2. The molecule has 4 heteroatoms. The predicted octanol–water partition coefficient (Wildman–Crippen LogP) is 3.36.